The lowest BCUT2D eigenvalue weighted by molar-refractivity contribution is 0.670. The molecule has 0 saturated heterocycles. The molecule has 0 bridgehead atoms. The van der Waals surface area contributed by atoms with Crippen LogP contribution >= 0.6 is 0 Å². The molecule has 8 aromatic carbocycles. The zero-order chi connectivity index (χ0) is 34.1. The van der Waals surface area contributed by atoms with Crippen LogP contribution in [0.5, 0.6) is 0 Å². The number of nitrogens with zero attached hydrogens (tertiary/aromatic N) is 1. The van der Waals surface area contributed by atoms with Crippen LogP contribution in [-0.4, -0.2) is 8.07 Å². The molecule has 1 aliphatic rings. The highest BCUT2D eigenvalue weighted by atomic mass is 28.3. The molecular weight excluding hydrogens is 635 g/mol. The van der Waals surface area contributed by atoms with Gasteiger partial charge in [0.25, 0.3) is 0 Å². The fourth-order valence-corrected chi connectivity index (χ4v) is 11.3. The zero-order valence-electron chi connectivity index (χ0n) is 28.6. The summed E-state index contributed by atoms with van der Waals surface area (Å²) < 4.78 is 6.62. The van der Waals surface area contributed by atoms with Crippen LogP contribution in [0.2, 0.25) is 13.1 Å². The molecule has 10 rings (SSSR count). The van der Waals surface area contributed by atoms with Gasteiger partial charge in [0.1, 0.15) is 19.2 Å². The van der Waals surface area contributed by atoms with Crippen molar-refractivity contribution in [3.05, 3.63) is 176 Å². The van der Waals surface area contributed by atoms with Crippen molar-refractivity contribution in [2.75, 3.05) is 4.90 Å². The van der Waals surface area contributed by atoms with E-state index in [0.29, 0.717) is 0 Å². The molecule has 1 aliphatic heterocycles. The van der Waals surface area contributed by atoms with Crippen LogP contribution in [0.15, 0.2) is 180 Å². The van der Waals surface area contributed by atoms with Crippen molar-refractivity contribution < 1.29 is 4.42 Å². The molecule has 0 spiro atoms. The second-order valence-corrected chi connectivity index (χ2v) is 18.5. The van der Waals surface area contributed by atoms with E-state index in [1.54, 1.807) is 0 Å². The maximum atomic E-state index is 6.62. The molecule has 0 N–H and O–H groups in total. The van der Waals surface area contributed by atoms with Gasteiger partial charge in [0.2, 0.25) is 0 Å². The van der Waals surface area contributed by atoms with Gasteiger partial charge in [-0.25, -0.2) is 0 Å². The quantitative estimate of drug-likeness (QED) is 0.170. The first-order valence-corrected chi connectivity index (χ1v) is 20.7. The highest BCUT2D eigenvalue weighted by Gasteiger charge is 2.40. The van der Waals surface area contributed by atoms with Crippen molar-refractivity contribution >= 4 is 68.2 Å². The van der Waals surface area contributed by atoms with Gasteiger partial charge in [-0.15, -0.1) is 0 Å². The Morgan fingerprint density at radius 2 is 1.14 bits per heavy atom. The lowest BCUT2D eigenvalue weighted by Gasteiger charge is -2.29. The van der Waals surface area contributed by atoms with Gasteiger partial charge < -0.3 is 9.32 Å². The summed E-state index contributed by atoms with van der Waals surface area (Å²) in [4.78, 5) is 2.45. The standard InChI is InChI=1S/C48H35NOSi/c1-51(2)45-29-28-41-40-17-9-11-19-44(40)50-48(41)47(45)42-27-26-38(31-46(42)51)49(37-24-22-34(23-25-37)32-12-4-3-5-13-32)43-18-10-8-16-39(43)36-21-20-33-14-6-7-15-35(33)30-36/h3-31H,1-2H3. The Morgan fingerprint density at radius 1 is 0.451 bits per heavy atom. The molecule has 0 fully saturated rings. The van der Waals surface area contributed by atoms with E-state index in [9.17, 15) is 0 Å². The summed E-state index contributed by atoms with van der Waals surface area (Å²) in [6.45, 7) is 4.97. The largest absolute Gasteiger partial charge is 0.455 e. The van der Waals surface area contributed by atoms with Crippen LogP contribution in [0.25, 0.3) is 66.1 Å². The third-order valence-corrected chi connectivity index (χ3v) is 14.4. The fraction of sp³-hybridized carbons (Fsp3) is 0.0417. The third-order valence-electron chi connectivity index (χ3n) is 10.9. The second kappa shape index (κ2) is 11.4. The smallest absolute Gasteiger partial charge is 0.143 e. The van der Waals surface area contributed by atoms with E-state index >= 15 is 0 Å². The van der Waals surface area contributed by atoms with E-state index in [4.69, 9.17) is 4.42 Å². The number of hydrogen-bond donors (Lipinski definition) is 0. The van der Waals surface area contributed by atoms with E-state index in [1.807, 2.05) is 0 Å². The van der Waals surface area contributed by atoms with Crippen LogP contribution in [0, 0.1) is 0 Å². The minimum Gasteiger partial charge on any atom is -0.455 e. The van der Waals surface area contributed by atoms with Crippen LogP contribution in [0.4, 0.5) is 17.1 Å². The fourth-order valence-electron chi connectivity index (χ4n) is 8.26. The number of anilines is 3. The molecular formula is C48H35NOSi. The molecule has 242 valence electrons. The molecule has 51 heavy (non-hydrogen) atoms. The van der Waals surface area contributed by atoms with Crippen LogP contribution in [-0.2, 0) is 0 Å². The lowest BCUT2D eigenvalue weighted by atomic mass is 9.98. The number of fused-ring (bicyclic) bond motifs is 8. The van der Waals surface area contributed by atoms with Crippen molar-refractivity contribution in [2.24, 2.45) is 0 Å². The Morgan fingerprint density at radius 3 is 2.00 bits per heavy atom. The predicted octanol–water partition coefficient (Wildman–Crippen LogP) is 12.3. The number of benzene rings is 8. The summed E-state index contributed by atoms with van der Waals surface area (Å²) >= 11 is 0. The average molecular weight is 670 g/mol. The summed E-state index contributed by atoms with van der Waals surface area (Å²) in [6.07, 6.45) is 0. The zero-order valence-corrected chi connectivity index (χ0v) is 29.6. The van der Waals surface area contributed by atoms with Gasteiger partial charge in [-0.05, 0) is 85.9 Å². The summed E-state index contributed by atoms with van der Waals surface area (Å²) in [5.74, 6) is 0. The van der Waals surface area contributed by atoms with Gasteiger partial charge in [-0.3, -0.25) is 0 Å². The molecule has 3 heteroatoms. The molecule has 0 unspecified atom stereocenters. The van der Waals surface area contributed by atoms with Gasteiger partial charge in [-0.2, -0.15) is 0 Å². The molecule has 2 nitrogen and oxygen atoms in total. The van der Waals surface area contributed by atoms with Crippen molar-refractivity contribution in [3.63, 3.8) is 0 Å². The predicted molar refractivity (Wildman–Crippen MR) is 219 cm³/mol. The monoisotopic (exact) mass is 669 g/mol. The Hall–Kier alpha value is -6.16. The minimum atomic E-state index is -2.07. The number of furan rings is 1. The van der Waals surface area contributed by atoms with Crippen molar-refractivity contribution in [1.29, 1.82) is 0 Å². The molecule has 0 radical (unpaired) electrons. The molecule has 0 amide bonds. The Labute approximate surface area is 298 Å². The van der Waals surface area contributed by atoms with Crippen LogP contribution < -0.4 is 15.3 Å². The van der Waals surface area contributed by atoms with Crippen LogP contribution in [0.1, 0.15) is 0 Å². The maximum absolute atomic E-state index is 6.62. The molecule has 9 aromatic rings. The van der Waals surface area contributed by atoms with E-state index in [1.165, 1.54) is 65.3 Å². The number of rotatable bonds is 5. The number of hydrogen-bond acceptors (Lipinski definition) is 2. The highest BCUT2D eigenvalue weighted by molar-refractivity contribution is 7.04. The first-order valence-electron chi connectivity index (χ1n) is 17.7. The summed E-state index contributed by atoms with van der Waals surface area (Å²) in [5.41, 5.74) is 12.8. The molecule has 2 heterocycles. The SMILES string of the molecule is C[Si]1(C)c2cc(N(c3ccc(-c4ccccc4)cc3)c3ccccc3-c3ccc4ccccc4c3)ccc2-c2c1ccc1c2oc2ccccc21. The Bertz CT molecular complexity index is 2780. The third kappa shape index (κ3) is 4.70. The van der Waals surface area contributed by atoms with E-state index in [-0.39, 0.29) is 0 Å². The molecule has 1 aromatic heterocycles. The van der Waals surface area contributed by atoms with Crippen molar-refractivity contribution in [2.45, 2.75) is 13.1 Å². The molecule has 0 saturated carbocycles. The average Bonchev–Trinajstić information content (AvgIpc) is 3.67. The highest BCUT2D eigenvalue weighted by Crippen LogP contribution is 2.44. The van der Waals surface area contributed by atoms with Crippen molar-refractivity contribution in [3.8, 4) is 33.4 Å². The maximum Gasteiger partial charge on any atom is 0.143 e. The lowest BCUT2D eigenvalue weighted by Crippen LogP contribution is -2.49. The van der Waals surface area contributed by atoms with Gasteiger partial charge in [0, 0.05) is 33.3 Å². The van der Waals surface area contributed by atoms with Crippen molar-refractivity contribution in [1.82, 2.24) is 0 Å². The topological polar surface area (TPSA) is 16.4 Å². The van der Waals surface area contributed by atoms with Gasteiger partial charge >= 0.3 is 0 Å². The van der Waals surface area contributed by atoms with E-state index in [2.05, 4.69) is 194 Å². The summed E-state index contributed by atoms with van der Waals surface area (Å²) in [7, 11) is -2.07. The minimum absolute atomic E-state index is 0.945. The Balaban J connectivity index is 1.17. The number of para-hydroxylation sites is 2. The molecule has 0 aliphatic carbocycles. The molecule has 0 atom stereocenters. The van der Waals surface area contributed by atoms with E-state index < -0.39 is 8.07 Å². The summed E-state index contributed by atoms with van der Waals surface area (Å²) in [6, 6.07) is 64.1. The first-order chi connectivity index (χ1) is 25.0. The van der Waals surface area contributed by atoms with Gasteiger partial charge in [0.05, 0.1) is 5.69 Å². The van der Waals surface area contributed by atoms with Gasteiger partial charge in [-0.1, -0.05) is 147 Å². The first kappa shape index (κ1) is 29.7. The van der Waals surface area contributed by atoms with Crippen LogP contribution in [0.3, 0.4) is 0 Å². The second-order valence-electron chi connectivity index (χ2n) is 14.1. The normalized spacial score (nSPS) is 13.1. The summed E-state index contributed by atoms with van der Waals surface area (Å²) in [5, 5.41) is 7.74. The van der Waals surface area contributed by atoms with E-state index in [0.717, 1.165) is 28.2 Å². The Kier molecular flexibility index (Phi) is 6.67. The van der Waals surface area contributed by atoms with Gasteiger partial charge in [0.15, 0.2) is 0 Å².